The van der Waals surface area contributed by atoms with E-state index in [9.17, 15) is 0 Å². The zero-order valence-electron chi connectivity index (χ0n) is 8.03. The smallest absolute Gasteiger partial charge is 0.0434 e. The summed E-state index contributed by atoms with van der Waals surface area (Å²) in [7, 11) is 0. The van der Waals surface area contributed by atoms with Crippen LogP contribution in [0.2, 0.25) is 0 Å². The summed E-state index contributed by atoms with van der Waals surface area (Å²) >= 11 is 0. The standard InChI is InChI=1S/C11H17NO/c1-9(12)11-6-4-10(5-7-11)3-2-8-13/h4-7,9,13H,2-3,8,12H2,1H3. The highest BCUT2D eigenvalue weighted by molar-refractivity contribution is 5.24. The molecule has 2 nitrogen and oxygen atoms in total. The van der Waals surface area contributed by atoms with Crippen LogP contribution < -0.4 is 5.73 Å². The van der Waals surface area contributed by atoms with Gasteiger partial charge in [0.25, 0.3) is 0 Å². The van der Waals surface area contributed by atoms with Crippen LogP contribution in [0.5, 0.6) is 0 Å². The number of aliphatic hydroxyl groups excluding tert-OH is 1. The van der Waals surface area contributed by atoms with Gasteiger partial charge in [0.2, 0.25) is 0 Å². The quantitative estimate of drug-likeness (QED) is 0.738. The lowest BCUT2D eigenvalue weighted by atomic mass is 10.0. The predicted molar refractivity (Wildman–Crippen MR) is 54.5 cm³/mol. The minimum Gasteiger partial charge on any atom is -0.396 e. The fourth-order valence-electron chi connectivity index (χ4n) is 1.27. The molecule has 1 atom stereocenters. The van der Waals surface area contributed by atoms with Gasteiger partial charge in [0.05, 0.1) is 0 Å². The average molecular weight is 179 g/mol. The van der Waals surface area contributed by atoms with Gasteiger partial charge in [0, 0.05) is 12.6 Å². The Balaban J connectivity index is 2.59. The van der Waals surface area contributed by atoms with Gasteiger partial charge in [0.15, 0.2) is 0 Å². The van der Waals surface area contributed by atoms with Gasteiger partial charge >= 0.3 is 0 Å². The fourth-order valence-corrected chi connectivity index (χ4v) is 1.27. The van der Waals surface area contributed by atoms with Crippen molar-refractivity contribution in [2.75, 3.05) is 6.61 Å². The Morgan fingerprint density at radius 3 is 2.38 bits per heavy atom. The molecule has 0 spiro atoms. The highest BCUT2D eigenvalue weighted by Crippen LogP contribution is 2.11. The van der Waals surface area contributed by atoms with Gasteiger partial charge in [-0.15, -0.1) is 0 Å². The second-order valence-electron chi connectivity index (χ2n) is 3.36. The third-order valence-electron chi connectivity index (χ3n) is 2.13. The molecule has 1 rings (SSSR count). The van der Waals surface area contributed by atoms with E-state index in [0.29, 0.717) is 0 Å². The van der Waals surface area contributed by atoms with E-state index in [1.165, 1.54) is 5.56 Å². The first kappa shape index (κ1) is 10.2. The van der Waals surface area contributed by atoms with Crippen molar-refractivity contribution in [3.8, 4) is 0 Å². The van der Waals surface area contributed by atoms with E-state index in [-0.39, 0.29) is 12.6 Å². The van der Waals surface area contributed by atoms with Crippen LogP contribution in [-0.4, -0.2) is 11.7 Å². The summed E-state index contributed by atoms with van der Waals surface area (Å²) in [5, 5.41) is 8.65. The maximum Gasteiger partial charge on any atom is 0.0434 e. The molecule has 0 saturated carbocycles. The third-order valence-corrected chi connectivity index (χ3v) is 2.13. The molecule has 3 N–H and O–H groups in total. The van der Waals surface area contributed by atoms with Crippen molar-refractivity contribution < 1.29 is 5.11 Å². The van der Waals surface area contributed by atoms with Gasteiger partial charge in [0.1, 0.15) is 0 Å². The molecule has 0 aromatic heterocycles. The normalized spacial score (nSPS) is 12.8. The molecule has 13 heavy (non-hydrogen) atoms. The molecule has 0 bridgehead atoms. The summed E-state index contributed by atoms with van der Waals surface area (Å²) in [6.45, 7) is 2.23. The van der Waals surface area contributed by atoms with Crippen LogP contribution >= 0.6 is 0 Å². The highest BCUT2D eigenvalue weighted by atomic mass is 16.2. The van der Waals surface area contributed by atoms with E-state index >= 15 is 0 Å². The lowest BCUT2D eigenvalue weighted by molar-refractivity contribution is 0.288. The SMILES string of the molecule is CC(N)c1ccc(CCCO)cc1. The molecule has 0 heterocycles. The zero-order chi connectivity index (χ0) is 9.68. The molecule has 0 amide bonds. The minimum absolute atomic E-state index is 0.104. The number of hydrogen-bond donors (Lipinski definition) is 2. The molecule has 0 fully saturated rings. The number of aliphatic hydroxyl groups is 1. The Morgan fingerprint density at radius 2 is 1.92 bits per heavy atom. The Hall–Kier alpha value is -0.860. The van der Waals surface area contributed by atoms with Gasteiger partial charge in [-0.05, 0) is 30.9 Å². The van der Waals surface area contributed by atoms with Crippen LogP contribution in [0.1, 0.15) is 30.5 Å². The van der Waals surface area contributed by atoms with Crippen LogP contribution in [0.25, 0.3) is 0 Å². The number of hydrogen-bond acceptors (Lipinski definition) is 2. The molecule has 0 aliphatic carbocycles. The van der Waals surface area contributed by atoms with E-state index in [1.54, 1.807) is 0 Å². The predicted octanol–water partition coefficient (Wildman–Crippen LogP) is 1.63. The average Bonchev–Trinajstić information content (AvgIpc) is 2.15. The van der Waals surface area contributed by atoms with Crippen LogP contribution in [0, 0.1) is 0 Å². The van der Waals surface area contributed by atoms with Crippen LogP contribution in [0.15, 0.2) is 24.3 Å². The van der Waals surface area contributed by atoms with Crippen molar-refractivity contribution >= 4 is 0 Å². The van der Waals surface area contributed by atoms with Gasteiger partial charge in [-0.3, -0.25) is 0 Å². The lowest BCUT2D eigenvalue weighted by Gasteiger charge is -2.06. The van der Waals surface area contributed by atoms with Crippen molar-refractivity contribution in [1.29, 1.82) is 0 Å². The molecule has 2 heteroatoms. The summed E-state index contributed by atoms with van der Waals surface area (Å²) in [6.07, 6.45) is 1.77. The van der Waals surface area contributed by atoms with Crippen LogP contribution in [0.3, 0.4) is 0 Å². The molecule has 0 aliphatic heterocycles. The molecule has 1 aromatic carbocycles. The maximum absolute atomic E-state index is 8.65. The molecule has 0 aliphatic rings. The van der Waals surface area contributed by atoms with Gasteiger partial charge in [-0.2, -0.15) is 0 Å². The summed E-state index contributed by atoms with van der Waals surface area (Å²) < 4.78 is 0. The molecule has 1 unspecified atom stereocenters. The van der Waals surface area contributed by atoms with Gasteiger partial charge < -0.3 is 10.8 Å². The Morgan fingerprint density at radius 1 is 1.31 bits per heavy atom. The second-order valence-corrected chi connectivity index (χ2v) is 3.36. The molecule has 72 valence electrons. The molecular formula is C11H17NO. The first-order valence-corrected chi connectivity index (χ1v) is 4.69. The number of rotatable bonds is 4. The summed E-state index contributed by atoms with van der Waals surface area (Å²) in [5.74, 6) is 0. The largest absolute Gasteiger partial charge is 0.396 e. The molecule has 1 aromatic rings. The van der Waals surface area contributed by atoms with E-state index in [0.717, 1.165) is 18.4 Å². The van der Waals surface area contributed by atoms with Crippen molar-refractivity contribution in [1.82, 2.24) is 0 Å². The molecule has 0 radical (unpaired) electrons. The van der Waals surface area contributed by atoms with Crippen molar-refractivity contribution in [2.45, 2.75) is 25.8 Å². The Labute approximate surface area is 79.4 Å². The van der Waals surface area contributed by atoms with Crippen LogP contribution in [0.4, 0.5) is 0 Å². The van der Waals surface area contributed by atoms with Crippen molar-refractivity contribution in [3.05, 3.63) is 35.4 Å². The monoisotopic (exact) mass is 179 g/mol. The summed E-state index contributed by atoms with van der Waals surface area (Å²) in [4.78, 5) is 0. The number of nitrogens with two attached hydrogens (primary N) is 1. The maximum atomic E-state index is 8.65. The fraction of sp³-hybridized carbons (Fsp3) is 0.455. The Bertz CT molecular complexity index is 241. The van der Waals surface area contributed by atoms with Gasteiger partial charge in [-0.25, -0.2) is 0 Å². The highest BCUT2D eigenvalue weighted by Gasteiger charge is 1.98. The van der Waals surface area contributed by atoms with Crippen molar-refractivity contribution in [3.63, 3.8) is 0 Å². The number of aryl methyl sites for hydroxylation is 1. The second kappa shape index (κ2) is 5.00. The Kier molecular flexibility index (Phi) is 3.93. The van der Waals surface area contributed by atoms with E-state index < -0.39 is 0 Å². The summed E-state index contributed by atoms with van der Waals surface area (Å²) in [6, 6.07) is 8.36. The first-order valence-electron chi connectivity index (χ1n) is 4.69. The van der Waals surface area contributed by atoms with E-state index in [4.69, 9.17) is 10.8 Å². The molecular weight excluding hydrogens is 162 g/mol. The van der Waals surface area contributed by atoms with E-state index in [1.807, 2.05) is 6.92 Å². The number of benzene rings is 1. The summed E-state index contributed by atoms with van der Waals surface area (Å²) in [5.41, 5.74) is 8.15. The zero-order valence-corrected chi connectivity index (χ0v) is 8.03. The topological polar surface area (TPSA) is 46.2 Å². The van der Waals surface area contributed by atoms with E-state index in [2.05, 4.69) is 24.3 Å². The van der Waals surface area contributed by atoms with Gasteiger partial charge in [-0.1, -0.05) is 24.3 Å². The minimum atomic E-state index is 0.104. The molecule has 0 saturated heterocycles. The third kappa shape index (κ3) is 3.17. The lowest BCUT2D eigenvalue weighted by Crippen LogP contribution is -2.04. The van der Waals surface area contributed by atoms with Crippen LogP contribution in [-0.2, 0) is 6.42 Å². The van der Waals surface area contributed by atoms with Crippen molar-refractivity contribution in [2.24, 2.45) is 5.73 Å². The first-order chi connectivity index (χ1) is 6.24.